The number of amides is 1. The lowest BCUT2D eigenvalue weighted by Crippen LogP contribution is -2.26. The van der Waals surface area contributed by atoms with Crippen molar-refractivity contribution in [2.75, 3.05) is 23.8 Å². The largest absolute Gasteiger partial charge is 0.462 e. The summed E-state index contributed by atoms with van der Waals surface area (Å²) in [4.78, 5) is 25.0. The van der Waals surface area contributed by atoms with E-state index in [0.717, 1.165) is 0 Å². The van der Waals surface area contributed by atoms with Crippen molar-refractivity contribution in [1.29, 1.82) is 0 Å². The van der Waals surface area contributed by atoms with Crippen LogP contribution in [0, 0.1) is 0 Å². The van der Waals surface area contributed by atoms with Crippen molar-refractivity contribution in [1.82, 2.24) is 0 Å². The van der Waals surface area contributed by atoms with E-state index < -0.39 is 5.97 Å². The van der Waals surface area contributed by atoms with E-state index >= 15 is 0 Å². The summed E-state index contributed by atoms with van der Waals surface area (Å²) in [5.41, 5.74) is 7.18. The number of halogens is 1. The zero-order chi connectivity index (χ0) is 14.0. The van der Waals surface area contributed by atoms with E-state index in [0.29, 0.717) is 30.1 Å². The summed E-state index contributed by atoms with van der Waals surface area (Å²) >= 11 is 5.96. The molecule has 0 saturated carbocycles. The summed E-state index contributed by atoms with van der Waals surface area (Å²) < 4.78 is 4.92. The molecular formula is C13H15ClN2O3. The van der Waals surface area contributed by atoms with Crippen LogP contribution >= 0.6 is 11.6 Å². The minimum absolute atomic E-state index is 0.0901. The van der Waals surface area contributed by atoms with Crippen LogP contribution in [0.3, 0.4) is 0 Å². The summed E-state index contributed by atoms with van der Waals surface area (Å²) in [6.45, 7) is 2.43. The number of nitrogens with zero attached hydrogens (tertiary/aromatic N) is 1. The van der Waals surface area contributed by atoms with Gasteiger partial charge in [0.15, 0.2) is 0 Å². The van der Waals surface area contributed by atoms with Gasteiger partial charge >= 0.3 is 5.97 Å². The Kier molecular flexibility index (Phi) is 3.95. The molecule has 1 saturated heterocycles. The number of alkyl halides is 1. The highest BCUT2D eigenvalue weighted by Crippen LogP contribution is 2.30. The Balaban J connectivity index is 2.32. The van der Waals surface area contributed by atoms with Gasteiger partial charge in [-0.2, -0.15) is 0 Å². The van der Waals surface area contributed by atoms with Gasteiger partial charge in [-0.25, -0.2) is 4.79 Å². The van der Waals surface area contributed by atoms with Crippen molar-refractivity contribution in [3.63, 3.8) is 0 Å². The highest BCUT2D eigenvalue weighted by molar-refractivity contribution is 6.24. The molecule has 0 radical (unpaired) electrons. The van der Waals surface area contributed by atoms with Crippen LogP contribution in [0.25, 0.3) is 0 Å². The van der Waals surface area contributed by atoms with Crippen LogP contribution in [-0.2, 0) is 9.53 Å². The first-order valence-electron chi connectivity index (χ1n) is 6.04. The average molecular weight is 283 g/mol. The number of anilines is 2. The normalized spacial score (nSPS) is 18.7. The Hall–Kier alpha value is -1.75. The van der Waals surface area contributed by atoms with Crippen molar-refractivity contribution >= 4 is 34.9 Å². The minimum atomic E-state index is -0.433. The van der Waals surface area contributed by atoms with E-state index in [2.05, 4.69) is 0 Å². The molecule has 2 rings (SSSR count). The molecule has 1 atom stereocenters. The first-order chi connectivity index (χ1) is 9.02. The van der Waals surface area contributed by atoms with Crippen molar-refractivity contribution in [3.05, 3.63) is 23.8 Å². The van der Waals surface area contributed by atoms with E-state index in [9.17, 15) is 9.59 Å². The van der Waals surface area contributed by atoms with Gasteiger partial charge in [0.05, 0.1) is 28.9 Å². The fourth-order valence-electron chi connectivity index (χ4n) is 2.02. The first kappa shape index (κ1) is 13.7. The molecule has 0 bridgehead atoms. The highest BCUT2D eigenvalue weighted by atomic mass is 35.5. The smallest absolute Gasteiger partial charge is 0.338 e. The molecule has 0 aromatic heterocycles. The standard InChI is InChI=1S/C13H15ClN2O3/c1-2-19-13(18)8-3-4-10(15)11(5-8)16-7-9(14)6-12(16)17/h3-5,9H,2,6-7,15H2,1H3. The van der Waals surface area contributed by atoms with Crippen LogP contribution in [0.15, 0.2) is 18.2 Å². The summed E-state index contributed by atoms with van der Waals surface area (Å²) in [5.74, 6) is -0.523. The molecular weight excluding hydrogens is 268 g/mol. The molecule has 1 heterocycles. The number of benzene rings is 1. The molecule has 19 heavy (non-hydrogen) atoms. The zero-order valence-corrected chi connectivity index (χ0v) is 11.3. The van der Waals surface area contributed by atoms with Crippen LogP contribution in [0.5, 0.6) is 0 Å². The van der Waals surface area contributed by atoms with Crippen molar-refractivity contribution in [2.24, 2.45) is 0 Å². The van der Waals surface area contributed by atoms with Crippen molar-refractivity contribution in [3.8, 4) is 0 Å². The first-order valence-corrected chi connectivity index (χ1v) is 6.47. The SMILES string of the molecule is CCOC(=O)c1ccc(N)c(N2CC(Cl)CC2=O)c1. The fraction of sp³-hybridized carbons (Fsp3) is 0.385. The number of hydrogen-bond acceptors (Lipinski definition) is 4. The van der Waals surface area contributed by atoms with Crippen LogP contribution < -0.4 is 10.6 Å². The third kappa shape index (κ3) is 2.81. The van der Waals surface area contributed by atoms with Gasteiger partial charge in [0.25, 0.3) is 0 Å². The molecule has 1 amide bonds. The lowest BCUT2D eigenvalue weighted by Gasteiger charge is -2.18. The lowest BCUT2D eigenvalue weighted by molar-refractivity contribution is -0.117. The minimum Gasteiger partial charge on any atom is -0.462 e. The Morgan fingerprint density at radius 2 is 2.32 bits per heavy atom. The predicted molar refractivity (Wildman–Crippen MR) is 73.4 cm³/mol. The van der Waals surface area contributed by atoms with Gasteiger partial charge in [0.1, 0.15) is 0 Å². The van der Waals surface area contributed by atoms with Crippen molar-refractivity contribution < 1.29 is 14.3 Å². The lowest BCUT2D eigenvalue weighted by atomic mass is 10.1. The molecule has 102 valence electrons. The molecule has 1 aromatic rings. The third-order valence-electron chi connectivity index (χ3n) is 2.91. The van der Waals surface area contributed by atoms with Gasteiger partial charge < -0.3 is 15.4 Å². The number of nitrogens with two attached hydrogens (primary N) is 1. The van der Waals surface area contributed by atoms with Gasteiger partial charge in [0.2, 0.25) is 5.91 Å². The second-order valence-electron chi connectivity index (χ2n) is 4.30. The van der Waals surface area contributed by atoms with Gasteiger partial charge in [-0.3, -0.25) is 4.79 Å². The van der Waals surface area contributed by atoms with Crippen LogP contribution in [-0.4, -0.2) is 30.4 Å². The third-order valence-corrected chi connectivity index (χ3v) is 3.20. The zero-order valence-electron chi connectivity index (χ0n) is 10.6. The molecule has 0 spiro atoms. The van der Waals surface area contributed by atoms with Crippen LogP contribution in [0.1, 0.15) is 23.7 Å². The van der Waals surface area contributed by atoms with E-state index in [-0.39, 0.29) is 17.7 Å². The Morgan fingerprint density at radius 3 is 2.89 bits per heavy atom. The predicted octanol–water partition coefficient (Wildman–Crippen LogP) is 1.79. The number of nitrogen functional groups attached to an aromatic ring is 1. The molecule has 5 nitrogen and oxygen atoms in total. The van der Waals surface area contributed by atoms with E-state index in [4.69, 9.17) is 22.1 Å². The van der Waals surface area contributed by atoms with Gasteiger partial charge in [-0.1, -0.05) is 0 Å². The highest BCUT2D eigenvalue weighted by Gasteiger charge is 2.30. The number of carbonyl (C=O) groups is 2. The number of carbonyl (C=O) groups excluding carboxylic acids is 2. The molecule has 1 aliphatic heterocycles. The maximum atomic E-state index is 11.8. The number of hydrogen-bond donors (Lipinski definition) is 1. The van der Waals surface area contributed by atoms with E-state index in [1.54, 1.807) is 25.1 Å². The van der Waals surface area contributed by atoms with Gasteiger partial charge in [-0.05, 0) is 25.1 Å². The molecule has 1 aliphatic rings. The number of ether oxygens (including phenoxy) is 1. The summed E-state index contributed by atoms with van der Waals surface area (Å²) in [5, 5.41) is -0.224. The number of esters is 1. The maximum Gasteiger partial charge on any atom is 0.338 e. The fourth-order valence-corrected chi connectivity index (χ4v) is 2.29. The maximum absolute atomic E-state index is 11.8. The molecule has 1 unspecified atom stereocenters. The Morgan fingerprint density at radius 1 is 1.58 bits per heavy atom. The van der Waals surface area contributed by atoms with Crippen LogP contribution in [0.4, 0.5) is 11.4 Å². The second-order valence-corrected chi connectivity index (χ2v) is 4.92. The van der Waals surface area contributed by atoms with Gasteiger partial charge in [-0.15, -0.1) is 11.6 Å². The van der Waals surface area contributed by atoms with Crippen molar-refractivity contribution in [2.45, 2.75) is 18.7 Å². The Bertz CT molecular complexity index is 519. The second kappa shape index (κ2) is 5.48. The topological polar surface area (TPSA) is 72.6 Å². The monoisotopic (exact) mass is 282 g/mol. The average Bonchev–Trinajstić information content (AvgIpc) is 2.69. The summed E-state index contributed by atoms with van der Waals surface area (Å²) in [7, 11) is 0. The van der Waals surface area contributed by atoms with E-state index in [1.807, 2.05) is 0 Å². The summed E-state index contributed by atoms with van der Waals surface area (Å²) in [6.07, 6.45) is 0.282. The molecule has 1 fully saturated rings. The molecule has 1 aromatic carbocycles. The summed E-state index contributed by atoms with van der Waals surface area (Å²) in [6, 6.07) is 4.74. The molecule has 0 aliphatic carbocycles. The van der Waals surface area contributed by atoms with Gasteiger partial charge in [0, 0.05) is 13.0 Å². The van der Waals surface area contributed by atoms with Crippen LogP contribution in [0.2, 0.25) is 0 Å². The number of rotatable bonds is 3. The van der Waals surface area contributed by atoms with E-state index in [1.165, 1.54) is 4.90 Å². The molecule has 2 N–H and O–H groups in total. The molecule has 6 heteroatoms. The quantitative estimate of drug-likeness (QED) is 0.521. The Labute approximate surface area is 116 Å².